The van der Waals surface area contributed by atoms with Crippen LogP contribution in [0, 0.1) is 0 Å². The normalized spacial score (nSPS) is 11.8. The number of halogens is 1. The van der Waals surface area contributed by atoms with Crippen LogP contribution >= 0.6 is 11.6 Å². The Morgan fingerprint density at radius 3 is 1.77 bits per heavy atom. The van der Waals surface area contributed by atoms with Gasteiger partial charge in [0, 0.05) is 19.1 Å². The fraction of sp³-hybridized carbons (Fsp3) is 0.895. The van der Waals surface area contributed by atoms with Gasteiger partial charge in [-0.05, 0) is 46.0 Å². The van der Waals surface area contributed by atoms with E-state index in [1.54, 1.807) is 0 Å². The third-order valence-electron chi connectivity index (χ3n) is 3.71. The number of allylic oxidation sites excluding steroid dienone is 2. The first-order chi connectivity index (χ1) is 10.8. The highest BCUT2D eigenvalue weighted by atomic mass is 35.5. The molecule has 0 amide bonds. The van der Waals surface area contributed by atoms with Crippen LogP contribution in [-0.4, -0.2) is 25.4 Å². The molecule has 3 heteroatoms. The largest absolute Gasteiger partial charge is 0.353 e. The van der Waals surface area contributed by atoms with Gasteiger partial charge in [0.1, 0.15) is 0 Å². The second-order valence-electron chi connectivity index (χ2n) is 5.70. The van der Waals surface area contributed by atoms with Gasteiger partial charge in [0.15, 0.2) is 6.29 Å². The van der Waals surface area contributed by atoms with Crippen molar-refractivity contribution in [2.24, 2.45) is 0 Å². The van der Waals surface area contributed by atoms with Crippen LogP contribution in [0.3, 0.4) is 0 Å². The van der Waals surface area contributed by atoms with Gasteiger partial charge in [0.2, 0.25) is 0 Å². The van der Waals surface area contributed by atoms with Crippen LogP contribution in [0.25, 0.3) is 0 Å². The van der Waals surface area contributed by atoms with Gasteiger partial charge in [-0.15, -0.1) is 11.6 Å². The highest BCUT2D eigenvalue weighted by Gasteiger charge is 2.06. The second-order valence-corrected chi connectivity index (χ2v) is 6.07. The van der Waals surface area contributed by atoms with Crippen LogP contribution in [0.1, 0.15) is 84.5 Å². The van der Waals surface area contributed by atoms with E-state index < -0.39 is 0 Å². The number of hydrogen-bond acceptors (Lipinski definition) is 2. The lowest BCUT2D eigenvalue weighted by molar-refractivity contribution is -0.140. The molecule has 0 aromatic rings. The number of alkyl halides is 1. The van der Waals surface area contributed by atoms with Crippen molar-refractivity contribution in [1.82, 2.24) is 0 Å². The lowest BCUT2D eigenvalue weighted by atomic mass is 10.1. The quantitative estimate of drug-likeness (QED) is 0.131. The summed E-state index contributed by atoms with van der Waals surface area (Å²) >= 11 is 5.62. The first kappa shape index (κ1) is 21.9. The van der Waals surface area contributed by atoms with Crippen LogP contribution in [0.2, 0.25) is 0 Å². The van der Waals surface area contributed by atoms with Crippen LogP contribution in [0.5, 0.6) is 0 Å². The maximum absolute atomic E-state index is 5.62. The fourth-order valence-electron chi connectivity index (χ4n) is 2.52. The van der Waals surface area contributed by atoms with Crippen molar-refractivity contribution in [1.29, 1.82) is 0 Å². The molecule has 0 aromatic carbocycles. The highest BCUT2D eigenvalue weighted by Crippen LogP contribution is 2.13. The fourth-order valence-corrected chi connectivity index (χ4v) is 2.65. The Kier molecular flexibility index (Phi) is 19.0. The SMILES string of the molecule is CCOC(CCCCCCCCCC/C=C/CCCl)OCC. The van der Waals surface area contributed by atoms with Crippen LogP contribution in [0.15, 0.2) is 12.2 Å². The zero-order chi connectivity index (χ0) is 16.3. The summed E-state index contributed by atoms with van der Waals surface area (Å²) in [5.41, 5.74) is 0. The molecule has 0 bridgehead atoms. The summed E-state index contributed by atoms with van der Waals surface area (Å²) in [7, 11) is 0. The van der Waals surface area contributed by atoms with Gasteiger partial charge >= 0.3 is 0 Å². The summed E-state index contributed by atoms with van der Waals surface area (Å²) in [4.78, 5) is 0. The minimum Gasteiger partial charge on any atom is -0.353 e. The minimum atomic E-state index is 0.0156. The molecule has 0 spiro atoms. The van der Waals surface area contributed by atoms with E-state index in [-0.39, 0.29) is 6.29 Å². The van der Waals surface area contributed by atoms with E-state index in [0.29, 0.717) is 0 Å². The van der Waals surface area contributed by atoms with E-state index in [9.17, 15) is 0 Å². The Labute approximate surface area is 143 Å². The van der Waals surface area contributed by atoms with E-state index in [4.69, 9.17) is 21.1 Å². The first-order valence-electron chi connectivity index (χ1n) is 9.29. The summed E-state index contributed by atoms with van der Waals surface area (Å²) in [6.07, 6.45) is 18.4. The molecule has 0 aliphatic rings. The molecule has 0 radical (unpaired) electrons. The first-order valence-corrected chi connectivity index (χ1v) is 9.82. The van der Waals surface area contributed by atoms with E-state index >= 15 is 0 Å². The Balaban J connectivity index is 3.22. The van der Waals surface area contributed by atoms with Gasteiger partial charge in [-0.3, -0.25) is 0 Å². The Hall–Kier alpha value is -0.0500. The molecule has 0 unspecified atom stereocenters. The van der Waals surface area contributed by atoms with Crippen molar-refractivity contribution < 1.29 is 9.47 Å². The molecule has 0 rings (SSSR count). The zero-order valence-electron chi connectivity index (χ0n) is 14.8. The van der Waals surface area contributed by atoms with Crippen molar-refractivity contribution >= 4 is 11.6 Å². The minimum absolute atomic E-state index is 0.0156. The lowest BCUT2D eigenvalue weighted by Crippen LogP contribution is -2.17. The van der Waals surface area contributed by atoms with Crippen LogP contribution < -0.4 is 0 Å². The molecule has 0 saturated heterocycles. The van der Waals surface area contributed by atoms with Gasteiger partial charge in [0.25, 0.3) is 0 Å². The highest BCUT2D eigenvalue weighted by molar-refractivity contribution is 6.17. The Morgan fingerprint density at radius 2 is 1.23 bits per heavy atom. The molecule has 0 N–H and O–H groups in total. The number of unbranched alkanes of at least 4 members (excludes halogenated alkanes) is 8. The third kappa shape index (κ3) is 16.3. The van der Waals surface area contributed by atoms with Crippen LogP contribution in [0.4, 0.5) is 0 Å². The van der Waals surface area contributed by atoms with Crippen molar-refractivity contribution in [2.75, 3.05) is 19.1 Å². The molecule has 132 valence electrons. The van der Waals surface area contributed by atoms with E-state index in [1.165, 1.54) is 57.8 Å². The summed E-state index contributed by atoms with van der Waals surface area (Å²) in [5, 5.41) is 0. The monoisotopic (exact) mass is 332 g/mol. The molecular formula is C19H37ClO2. The topological polar surface area (TPSA) is 18.5 Å². The average Bonchev–Trinajstić information content (AvgIpc) is 2.52. The summed E-state index contributed by atoms with van der Waals surface area (Å²) in [5.74, 6) is 0.742. The van der Waals surface area contributed by atoms with Crippen molar-refractivity contribution in [3.05, 3.63) is 12.2 Å². The Morgan fingerprint density at radius 1 is 0.727 bits per heavy atom. The predicted molar refractivity (Wildman–Crippen MR) is 97.7 cm³/mol. The van der Waals surface area contributed by atoms with Gasteiger partial charge in [-0.2, -0.15) is 0 Å². The molecule has 0 heterocycles. The summed E-state index contributed by atoms with van der Waals surface area (Å²) in [6, 6.07) is 0. The van der Waals surface area contributed by atoms with Crippen LogP contribution in [-0.2, 0) is 9.47 Å². The maximum atomic E-state index is 5.62. The molecule has 0 saturated carbocycles. The van der Waals surface area contributed by atoms with Crippen molar-refractivity contribution in [3.8, 4) is 0 Å². The van der Waals surface area contributed by atoms with E-state index in [1.807, 2.05) is 13.8 Å². The van der Waals surface area contributed by atoms with Crippen molar-refractivity contribution in [2.45, 2.75) is 90.8 Å². The van der Waals surface area contributed by atoms with E-state index in [0.717, 1.165) is 31.9 Å². The predicted octanol–water partition coefficient (Wildman–Crippen LogP) is 6.47. The second kappa shape index (κ2) is 19.0. The molecular weight excluding hydrogens is 296 g/mol. The molecule has 0 atom stereocenters. The van der Waals surface area contributed by atoms with Gasteiger partial charge < -0.3 is 9.47 Å². The third-order valence-corrected chi connectivity index (χ3v) is 3.93. The summed E-state index contributed by atoms with van der Waals surface area (Å²) < 4.78 is 11.1. The summed E-state index contributed by atoms with van der Waals surface area (Å²) in [6.45, 7) is 5.54. The lowest BCUT2D eigenvalue weighted by Gasteiger charge is -2.16. The molecule has 0 aliphatic heterocycles. The van der Waals surface area contributed by atoms with E-state index in [2.05, 4.69) is 12.2 Å². The Bertz CT molecular complexity index is 225. The standard InChI is InChI=1S/C19H37ClO2/c1-3-21-19(22-4-2)17-15-13-11-9-7-5-6-8-10-12-14-16-18-20/h12,14,19H,3-11,13,15-18H2,1-2H3/b14-12+. The van der Waals surface area contributed by atoms with Crippen molar-refractivity contribution in [3.63, 3.8) is 0 Å². The molecule has 0 aliphatic carbocycles. The maximum Gasteiger partial charge on any atom is 0.157 e. The van der Waals surface area contributed by atoms with Gasteiger partial charge in [-0.25, -0.2) is 0 Å². The molecule has 22 heavy (non-hydrogen) atoms. The molecule has 2 nitrogen and oxygen atoms in total. The van der Waals surface area contributed by atoms with Gasteiger partial charge in [-0.1, -0.05) is 50.7 Å². The zero-order valence-corrected chi connectivity index (χ0v) is 15.6. The average molecular weight is 333 g/mol. The molecule has 0 aromatic heterocycles. The number of hydrogen-bond donors (Lipinski definition) is 0. The number of rotatable bonds is 17. The van der Waals surface area contributed by atoms with Gasteiger partial charge in [0.05, 0.1) is 0 Å². The smallest absolute Gasteiger partial charge is 0.157 e. The number of ether oxygens (including phenoxy) is 2. The molecule has 0 fully saturated rings.